The smallest absolute Gasteiger partial charge is 0.365 e. The molecule has 0 N–H and O–H groups in total. The van der Waals surface area contributed by atoms with E-state index in [1.165, 1.54) is 6.92 Å². The summed E-state index contributed by atoms with van der Waals surface area (Å²) in [6.07, 6.45) is 0.907. The van der Waals surface area contributed by atoms with Crippen molar-refractivity contribution >= 4 is 43.2 Å². The predicted molar refractivity (Wildman–Crippen MR) is 63.6 cm³/mol. The zero-order chi connectivity index (χ0) is 13.6. The van der Waals surface area contributed by atoms with Gasteiger partial charge in [-0.25, -0.2) is 13.2 Å². The van der Waals surface area contributed by atoms with Crippen molar-refractivity contribution < 1.29 is 27.6 Å². The van der Waals surface area contributed by atoms with Crippen molar-refractivity contribution in [2.45, 2.75) is 12.4 Å². The molecular formula is C8H12BrNO6S. The Morgan fingerprint density at radius 2 is 1.94 bits per heavy atom. The summed E-state index contributed by atoms with van der Waals surface area (Å²) in [7, 11) is -2.39. The van der Waals surface area contributed by atoms with Gasteiger partial charge >= 0.3 is 5.97 Å². The summed E-state index contributed by atoms with van der Waals surface area (Å²) in [6.45, 7) is 1.18. The van der Waals surface area contributed by atoms with Crippen molar-refractivity contribution in [3.05, 3.63) is 0 Å². The maximum atomic E-state index is 11.5. The van der Waals surface area contributed by atoms with Gasteiger partial charge in [0.05, 0.1) is 5.33 Å². The van der Waals surface area contributed by atoms with Gasteiger partial charge in [-0.05, 0) is 6.92 Å². The van der Waals surface area contributed by atoms with E-state index in [0.717, 1.165) is 13.4 Å². The van der Waals surface area contributed by atoms with Crippen LogP contribution in [0.1, 0.15) is 6.92 Å². The molecule has 0 aliphatic rings. The minimum absolute atomic E-state index is 0.155. The van der Waals surface area contributed by atoms with Crippen molar-refractivity contribution in [1.29, 1.82) is 0 Å². The van der Waals surface area contributed by atoms with Gasteiger partial charge in [0.2, 0.25) is 11.5 Å². The van der Waals surface area contributed by atoms with Crippen LogP contribution >= 0.6 is 15.9 Å². The normalized spacial score (nSPS) is 14.0. The van der Waals surface area contributed by atoms with E-state index < -0.39 is 32.7 Å². The number of ketones is 1. The quantitative estimate of drug-likeness (QED) is 0.221. The highest BCUT2D eigenvalue weighted by Crippen LogP contribution is 2.02. The van der Waals surface area contributed by atoms with Gasteiger partial charge in [-0.1, -0.05) is 21.1 Å². The Kier molecular flexibility index (Phi) is 6.32. The average Bonchev–Trinajstić information content (AvgIpc) is 2.23. The Hall–Kier alpha value is -0.960. The second-order valence-electron chi connectivity index (χ2n) is 2.98. The van der Waals surface area contributed by atoms with E-state index in [0.29, 0.717) is 0 Å². The fourth-order valence-corrected chi connectivity index (χ4v) is 1.18. The summed E-state index contributed by atoms with van der Waals surface area (Å²) < 4.78 is 26.7. The zero-order valence-electron chi connectivity index (χ0n) is 9.47. The molecule has 0 radical (unpaired) electrons. The Bertz CT molecular complexity index is 429. The minimum atomic E-state index is -3.54. The lowest BCUT2D eigenvalue weighted by molar-refractivity contribution is -0.137. The van der Waals surface area contributed by atoms with E-state index in [-0.39, 0.29) is 5.33 Å². The first kappa shape index (κ1) is 16.0. The predicted octanol–water partition coefficient (Wildman–Crippen LogP) is -0.113. The van der Waals surface area contributed by atoms with Gasteiger partial charge in [0.1, 0.15) is 7.11 Å². The summed E-state index contributed by atoms with van der Waals surface area (Å²) >= 11 is 2.85. The zero-order valence-corrected chi connectivity index (χ0v) is 11.9. The Morgan fingerprint density at radius 3 is 2.29 bits per heavy atom. The fourth-order valence-electron chi connectivity index (χ4n) is 0.651. The molecule has 0 amide bonds. The standard InChI is InChI=1S/C8H12BrNO6S/c1-5(17(3,13)14)16-8(12)7(10-15-2)6(11)4-9/h5H,4H2,1-3H3/b10-7-. The van der Waals surface area contributed by atoms with Crippen molar-refractivity contribution in [1.82, 2.24) is 0 Å². The first-order chi connectivity index (χ1) is 7.73. The van der Waals surface area contributed by atoms with Crippen molar-refractivity contribution in [2.24, 2.45) is 5.16 Å². The molecule has 0 fully saturated rings. The van der Waals surface area contributed by atoms with Crippen LogP contribution < -0.4 is 0 Å². The number of alkyl halides is 1. The molecule has 9 heteroatoms. The molecule has 0 saturated carbocycles. The molecule has 0 aromatic rings. The Morgan fingerprint density at radius 1 is 1.41 bits per heavy atom. The topological polar surface area (TPSA) is 99.1 Å². The highest BCUT2D eigenvalue weighted by molar-refractivity contribution is 9.09. The lowest BCUT2D eigenvalue weighted by atomic mass is 10.3. The van der Waals surface area contributed by atoms with Gasteiger partial charge in [-0.15, -0.1) is 0 Å². The second kappa shape index (κ2) is 6.70. The average molecular weight is 330 g/mol. The number of Topliss-reactive ketones (excluding diaryl/α,β-unsaturated/α-hetero) is 1. The molecule has 7 nitrogen and oxygen atoms in total. The molecule has 0 saturated heterocycles. The lowest BCUT2D eigenvalue weighted by Gasteiger charge is -2.11. The molecule has 0 spiro atoms. The van der Waals surface area contributed by atoms with Crippen LogP contribution in [-0.4, -0.2) is 50.0 Å². The molecule has 0 aromatic heterocycles. The van der Waals surface area contributed by atoms with Gasteiger partial charge in [-0.2, -0.15) is 0 Å². The molecule has 0 heterocycles. The number of oxime groups is 1. The number of rotatable bonds is 6. The fraction of sp³-hybridized carbons (Fsp3) is 0.625. The van der Waals surface area contributed by atoms with Crippen molar-refractivity contribution in [3.8, 4) is 0 Å². The van der Waals surface area contributed by atoms with Gasteiger partial charge in [0.15, 0.2) is 15.3 Å². The molecule has 1 atom stereocenters. The Balaban J connectivity index is 4.90. The van der Waals surface area contributed by atoms with Gasteiger partial charge in [0.25, 0.3) is 0 Å². The van der Waals surface area contributed by atoms with Crippen LogP contribution in [0.4, 0.5) is 0 Å². The third-order valence-electron chi connectivity index (χ3n) is 1.64. The largest absolute Gasteiger partial charge is 0.441 e. The molecule has 0 aliphatic carbocycles. The van der Waals surface area contributed by atoms with E-state index in [4.69, 9.17) is 0 Å². The van der Waals surface area contributed by atoms with Crippen LogP contribution in [0.5, 0.6) is 0 Å². The van der Waals surface area contributed by atoms with Crippen LogP contribution in [-0.2, 0) is 29.0 Å². The monoisotopic (exact) mass is 329 g/mol. The third kappa shape index (κ3) is 5.26. The van der Waals surface area contributed by atoms with E-state index in [9.17, 15) is 18.0 Å². The summed E-state index contributed by atoms with van der Waals surface area (Å²) in [5.41, 5.74) is -1.96. The number of hydrogen-bond acceptors (Lipinski definition) is 7. The molecule has 0 rings (SSSR count). The molecule has 0 bridgehead atoms. The molecule has 17 heavy (non-hydrogen) atoms. The van der Waals surface area contributed by atoms with E-state index in [1.807, 2.05) is 0 Å². The summed E-state index contributed by atoms with van der Waals surface area (Å²) in [4.78, 5) is 27.0. The van der Waals surface area contributed by atoms with E-state index in [2.05, 4.69) is 30.7 Å². The SMILES string of the molecule is CO/N=C(/C(=O)CBr)C(=O)OC(C)S(C)(=O)=O. The third-order valence-corrected chi connectivity index (χ3v) is 3.45. The van der Waals surface area contributed by atoms with E-state index >= 15 is 0 Å². The van der Waals surface area contributed by atoms with Crippen molar-refractivity contribution in [2.75, 3.05) is 18.7 Å². The first-order valence-electron chi connectivity index (χ1n) is 4.34. The molecule has 0 aliphatic heterocycles. The van der Waals surface area contributed by atoms with Crippen LogP contribution in [0.2, 0.25) is 0 Å². The molecular weight excluding hydrogens is 318 g/mol. The molecule has 1 unspecified atom stereocenters. The summed E-state index contributed by atoms with van der Waals surface area (Å²) in [6, 6.07) is 0. The number of esters is 1. The minimum Gasteiger partial charge on any atom is -0.441 e. The lowest BCUT2D eigenvalue weighted by Crippen LogP contribution is -2.32. The van der Waals surface area contributed by atoms with Crippen molar-refractivity contribution in [3.63, 3.8) is 0 Å². The number of sulfone groups is 1. The number of nitrogens with zero attached hydrogens (tertiary/aromatic N) is 1. The summed E-state index contributed by atoms with van der Waals surface area (Å²) in [5.74, 6) is -1.81. The maximum absolute atomic E-state index is 11.5. The first-order valence-corrected chi connectivity index (χ1v) is 7.41. The number of carbonyl (C=O) groups excluding carboxylic acids is 2. The van der Waals surface area contributed by atoms with Gasteiger partial charge < -0.3 is 9.57 Å². The molecule has 0 aromatic carbocycles. The Labute approximate surface area is 107 Å². The molecule has 98 valence electrons. The van der Waals surface area contributed by atoms with Gasteiger partial charge in [-0.3, -0.25) is 4.79 Å². The highest BCUT2D eigenvalue weighted by atomic mass is 79.9. The van der Waals surface area contributed by atoms with Crippen LogP contribution in [0.3, 0.4) is 0 Å². The number of ether oxygens (including phenoxy) is 1. The van der Waals surface area contributed by atoms with E-state index in [1.54, 1.807) is 0 Å². The number of halogens is 1. The van der Waals surface area contributed by atoms with Crippen LogP contribution in [0.25, 0.3) is 0 Å². The van der Waals surface area contributed by atoms with Crippen LogP contribution in [0.15, 0.2) is 5.16 Å². The van der Waals surface area contributed by atoms with Gasteiger partial charge in [0, 0.05) is 6.26 Å². The number of hydrogen-bond donors (Lipinski definition) is 0. The maximum Gasteiger partial charge on any atom is 0.365 e. The highest BCUT2D eigenvalue weighted by Gasteiger charge is 2.27. The number of carbonyl (C=O) groups is 2. The second-order valence-corrected chi connectivity index (χ2v) is 5.87. The van der Waals surface area contributed by atoms with Crippen LogP contribution in [0, 0.1) is 0 Å². The summed E-state index contributed by atoms with van der Waals surface area (Å²) in [5, 5.41) is 3.04.